The van der Waals surface area contributed by atoms with Crippen LogP contribution >= 0.6 is 0 Å². The first-order valence-corrected chi connectivity index (χ1v) is 10.1. The van der Waals surface area contributed by atoms with E-state index in [9.17, 15) is 5.11 Å². The standard InChI is InChI=1S/C26H26N2O/c1-2-24(29)20-25-27-18-19-28(25)26(21-12-6-3-7-13-21,22-14-8-4-9-15-22)23-16-10-5-11-17-23/h3-19,24,29H,2,20H2,1H3. The zero-order chi connectivity index (χ0) is 20.1. The molecule has 0 aliphatic rings. The van der Waals surface area contributed by atoms with Crippen molar-refractivity contribution in [2.75, 3.05) is 0 Å². The van der Waals surface area contributed by atoms with Crippen molar-refractivity contribution in [1.82, 2.24) is 9.55 Å². The van der Waals surface area contributed by atoms with Gasteiger partial charge in [-0.25, -0.2) is 4.98 Å². The largest absolute Gasteiger partial charge is 0.393 e. The first-order chi connectivity index (χ1) is 14.3. The van der Waals surface area contributed by atoms with E-state index >= 15 is 0 Å². The molecule has 0 saturated carbocycles. The minimum atomic E-state index is -0.580. The fourth-order valence-corrected chi connectivity index (χ4v) is 4.10. The van der Waals surface area contributed by atoms with E-state index in [1.54, 1.807) is 0 Å². The van der Waals surface area contributed by atoms with Crippen LogP contribution in [0.15, 0.2) is 103 Å². The van der Waals surface area contributed by atoms with Gasteiger partial charge < -0.3 is 9.67 Å². The Balaban J connectivity index is 2.06. The van der Waals surface area contributed by atoms with Crippen LogP contribution < -0.4 is 0 Å². The summed E-state index contributed by atoms with van der Waals surface area (Å²) in [6.45, 7) is 2.00. The monoisotopic (exact) mass is 382 g/mol. The minimum absolute atomic E-state index is 0.420. The molecular formula is C26H26N2O. The second-order valence-corrected chi connectivity index (χ2v) is 7.29. The zero-order valence-electron chi connectivity index (χ0n) is 16.6. The third-order valence-corrected chi connectivity index (χ3v) is 5.54. The lowest BCUT2D eigenvalue weighted by molar-refractivity contribution is 0.166. The molecule has 1 unspecified atom stereocenters. The topological polar surface area (TPSA) is 38.1 Å². The maximum Gasteiger partial charge on any atom is 0.121 e. The maximum absolute atomic E-state index is 10.4. The third kappa shape index (κ3) is 3.50. The van der Waals surface area contributed by atoms with Crippen LogP contribution in [-0.2, 0) is 12.0 Å². The summed E-state index contributed by atoms with van der Waals surface area (Å²) in [7, 11) is 0. The summed E-state index contributed by atoms with van der Waals surface area (Å²) < 4.78 is 2.23. The van der Waals surface area contributed by atoms with Gasteiger partial charge in [0.15, 0.2) is 0 Å². The first-order valence-electron chi connectivity index (χ1n) is 10.1. The van der Waals surface area contributed by atoms with E-state index in [0.29, 0.717) is 12.8 Å². The summed E-state index contributed by atoms with van der Waals surface area (Å²) in [5, 5.41) is 10.4. The van der Waals surface area contributed by atoms with Gasteiger partial charge >= 0.3 is 0 Å². The summed E-state index contributed by atoms with van der Waals surface area (Å²) in [6.07, 6.45) is 4.65. The van der Waals surface area contributed by atoms with Gasteiger partial charge in [-0.2, -0.15) is 0 Å². The molecule has 1 atom stereocenters. The molecule has 1 heterocycles. The van der Waals surface area contributed by atoms with Crippen molar-refractivity contribution in [3.63, 3.8) is 0 Å². The summed E-state index contributed by atoms with van der Waals surface area (Å²) in [4.78, 5) is 4.65. The summed E-state index contributed by atoms with van der Waals surface area (Å²) in [5.41, 5.74) is 2.89. The lowest BCUT2D eigenvalue weighted by Crippen LogP contribution is -2.39. The second-order valence-electron chi connectivity index (χ2n) is 7.29. The number of hydrogen-bond acceptors (Lipinski definition) is 2. The van der Waals surface area contributed by atoms with Crippen molar-refractivity contribution < 1.29 is 5.11 Å². The van der Waals surface area contributed by atoms with E-state index in [1.807, 2.05) is 37.5 Å². The van der Waals surface area contributed by atoms with E-state index in [1.165, 1.54) is 0 Å². The minimum Gasteiger partial charge on any atom is -0.393 e. The molecule has 0 spiro atoms. The van der Waals surface area contributed by atoms with Crippen LogP contribution in [0.5, 0.6) is 0 Å². The van der Waals surface area contributed by atoms with Crippen LogP contribution in [0.1, 0.15) is 35.9 Å². The van der Waals surface area contributed by atoms with Gasteiger partial charge in [0.2, 0.25) is 0 Å². The fraction of sp³-hybridized carbons (Fsp3) is 0.192. The van der Waals surface area contributed by atoms with Gasteiger partial charge in [-0.15, -0.1) is 0 Å². The third-order valence-electron chi connectivity index (χ3n) is 5.54. The van der Waals surface area contributed by atoms with Gasteiger partial charge in [0.05, 0.1) is 6.10 Å². The normalized spacial score (nSPS) is 12.6. The molecule has 0 amide bonds. The predicted molar refractivity (Wildman–Crippen MR) is 117 cm³/mol. The zero-order valence-corrected chi connectivity index (χ0v) is 16.6. The Bertz CT molecular complexity index is 929. The van der Waals surface area contributed by atoms with Gasteiger partial charge in [0, 0.05) is 18.8 Å². The van der Waals surface area contributed by atoms with Gasteiger partial charge in [-0.3, -0.25) is 0 Å². The van der Waals surface area contributed by atoms with Crippen LogP contribution in [-0.4, -0.2) is 20.8 Å². The highest BCUT2D eigenvalue weighted by Gasteiger charge is 2.39. The van der Waals surface area contributed by atoms with Crippen molar-refractivity contribution in [1.29, 1.82) is 0 Å². The smallest absolute Gasteiger partial charge is 0.121 e. The van der Waals surface area contributed by atoms with Crippen molar-refractivity contribution in [3.05, 3.63) is 126 Å². The summed E-state index contributed by atoms with van der Waals surface area (Å²) in [5.74, 6) is 0.871. The summed E-state index contributed by atoms with van der Waals surface area (Å²) >= 11 is 0. The molecule has 0 radical (unpaired) electrons. The van der Waals surface area contributed by atoms with Crippen molar-refractivity contribution in [2.24, 2.45) is 0 Å². The van der Waals surface area contributed by atoms with Gasteiger partial charge in [-0.1, -0.05) is 97.9 Å². The Labute approximate surface area is 172 Å². The molecule has 0 fully saturated rings. The van der Waals surface area contributed by atoms with Gasteiger partial charge in [-0.05, 0) is 23.1 Å². The van der Waals surface area contributed by atoms with E-state index in [2.05, 4.69) is 82.3 Å². The molecule has 146 valence electrons. The number of imidazole rings is 1. The van der Waals surface area contributed by atoms with Crippen LogP contribution in [0.3, 0.4) is 0 Å². The van der Waals surface area contributed by atoms with Crippen LogP contribution in [0.25, 0.3) is 0 Å². The number of rotatable bonds is 7. The van der Waals surface area contributed by atoms with Crippen LogP contribution in [0.2, 0.25) is 0 Å². The number of aromatic nitrogens is 2. The average Bonchev–Trinajstić information content (AvgIpc) is 3.25. The highest BCUT2D eigenvalue weighted by molar-refractivity contribution is 5.51. The molecule has 3 aromatic carbocycles. The molecule has 0 aliphatic carbocycles. The number of aliphatic hydroxyl groups is 1. The first kappa shape index (κ1) is 19.2. The fourth-order valence-electron chi connectivity index (χ4n) is 4.10. The van der Waals surface area contributed by atoms with E-state index in [-0.39, 0.29) is 0 Å². The van der Waals surface area contributed by atoms with Crippen molar-refractivity contribution >= 4 is 0 Å². The average molecular weight is 383 g/mol. The molecule has 4 rings (SSSR count). The van der Waals surface area contributed by atoms with Crippen molar-refractivity contribution in [3.8, 4) is 0 Å². The highest BCUT2D eigenvalue weighted by Crippen LogP contribution is 2.41. The maximum atomic E-state index is 10.4. The number of aliphatic hydroxyl groups excluding tert-OH is 1. The van der Waals surface area contributed by atoms with Crippen LogP contribution in [0, 0.1) is 0 Å². The Hall–Kier alpha value is -3.17. The molecule has 1 N–H and O–H groups in total. The molecule has 0 saturated heterocycles. The lowest BCUT2D eigenvalue weighted by Gasteiger charge is -2.38. The van der Waals surface area contributed by atoms with E-state index < -0.39 is 11.6 Å². The molecule has 29 heavy (non-hydrogen) atoms. The highest BCUT2D eigenvalue weighted by atomic mass is 16.3. The van der Waals surface area contributed by atoms with Gasteiger partial charge in [0.1, 0.15) is 11.4 Å². The number of nitrogens with zero attached hydrogens (tertiary/aromatic N) is 2. The van der Waals surface area contributed by atoms with E-state index in [0.717, 1.165) is 22.5 Å². The molecule has 4 aromatic rings. The Morgan fingerprint density at radius 3 is 1.66 bits per heavy atom. The quantitative estimate of drug-likeness (QED) is 0.455. The Kier molecular flexibility index (Phi) is 5.59. The molecular weight excluding hydrogens is 356 g/mol. The molecule has 0 bridgehead atoms. The molecule has 0 aliphatic heterocycles. The Morgan fingerprint density at radius 2 is 1.24 bits per heavy atom. The number of benzene rings is 3. The Morgan fingerprint density at radius 1 is 0.793 bits per heavy atom. The SMILES string of the molecule is CCC(O)Cc1nccn1C(c1ccccc1)(c1ccccc1)c1ccccc1. The number of hydrogen-bond donors (Lipinski definition) is 1. The molecule has 3 nitrogen and oxygen atoms in total. The lowest BCUT2D eigenvalue weighted by atomic mass is 9.76. The van der Waals surface area contributed by atoms with Gasteiger partial charge in [0.25, 0.3) is 0 Å². The van der Waals surface area contributed by atoms with Crippen LogP contribution in [0.4, 0.5) is 0 Å². The molecule has 3 heteroatoms. The predicted octanol–water partition coefficient (Wildman–Crippen LogP) is 5.04. The molecule has 1 aromatic heterocycles. The van der Waals surface area contributed by atoms with E-state index in [4.69, 9.17) is 0 Å². The summed E-state index contributed by atoms with van der Waals surface area (Å²) in [6, 6.07) is 31.6. The second kappa shape index (κ2) is 8.46. The van der Waals surface area contributed by atoms with Crippen molar-refractivity contribution in [2.45, 2.75) is 31.4 Å².